The van der Waals surface area contributed by atoms with Gasteiger partial charge in [0.05, 0.1) is 0 Å². The van der Waals surface area contributed by atoms with E-state index in [4.69, 9.17) is 0 Å². The summed E-state index contributed by atoms with van der Waals surface area (Å²) in [6.07, 6.45) is 2.33. The molecule has 3 unspecified atom stereocenters. The van der Waals surface area contributed by atoms with Crippen molar-refractivity contribution in [2.45, 2.75) is 58.2 Å². The first kappa shape index (κ1) is 15.5. The van der Waals surface area contributed by atoms with Crippen molar-refractivity contribution in [1.29, 1.82) is 0 Å². The fourth-order valence-electron chi connectivity index (χ4n) is 2.99. The molecule has 20 heavy (non-hydrogen) atoms. The first-order valence-corrected chi connectivity index (χ1v) is 8.92. The minimum Gasteiger partial charge on any atom is -0.342 e. The van der Waals surface area contributed by atoms with Crippen LogP contribution in [-0.4, -0.2) is 50.6 Å². The van der Waals surface area contributed by atoms with Gasteiger partial charge < -0.3 is 10.2 Å². The number of piperazine rings is 1. The summed E-state index contributed by atoms with van der Waals surface area (Å²) < 4.78 is 11.5. The number of nitrogens with zero attached hydrogens (tertiary/aromatic N) is 1. The van der Waals surface area contributed by atoms with Crippen molar-refractivity contribution in [1.82, 2.24) is 10.2 Å². The van der Waals surface area contributed by atoms with Crippen LogP contribution in [0.4, 0.5) is 0 Å². The lowest BCUT2D eigenvalue weighted by molar-refractivity contribution is -0.153. The number of carbonyl (C=O) groups is 2. The van der Waals surface area contributed by atoms with Gasteiger partial charge in [-0.2, -0.15) is 0 Å². The number of hydrogen-bond donors (Lipinski definition) is 1. The molecule has 2 heterocycles. The summed E-state index contributed by atoms with van der Waals surface area (Å²) in [4.78, 5) is 26.6. The van der Waals surface area contributed by atoms with Crippen LogP contribution in [-0.2, 0) is 20.4 Å². The zero-order chi connectivity index (χ0) is 14.9. The Labute approximate surface area is 122 Å². The van der Waals surface area contributed by atoms with Crippen LogP contribution in [0.1, 0.15) is 40.0 Å². The van der Waals surface area contributed by atoms with Gasteiger partial charge in [0.1, 0.15) is 12.1 Å². The van der Waals surface area contributed by atoms with Crippen molar-refractivity contribution < 1.29 is 13.8 Å². The molecule has 2 amide bonds. The highest BCUT2D eigenvalue weighted by atomic mass is 32.2. The zero-order valence-electron chi connectivity index (χ0n) is 12.4. The Hall–Kier alpha value is -0.910. The molecule has 0 aromatic rings. The van der Waals surface area contributed by atoms with Crippen LogP contribution in [0.3, 0.4) is 0 Å². The first-order valence-electron chi connectivity index (χ1n) is 7.43. The fourth-order valence-corrected chi connectivity index (χ4v) is 4.26. The SMILES string of the molecule is CCC(C)C1NC(=O)C(C)N(C2CCS(=O)CC2)C1=O. The van der Waals surface area contributed by atoms with E-state index in [1.807, 2.05) is 13.8 Å². The van der Waals surface area contributed by atoms with Gasteiger partial charge >= 0.3 is 0 Å². The molecular formula is C14H24N2O3S. The maximum Gasteiger partial charge on any atom is 0.246 e. The second-order valence-electron chi connectivity index (χ2n) is 5.87. The number of amides is 2. The Morgan fingerprint density at radius 3 is 2.50 bits per heavy atom. The topological polar surface area (TPSA) is 66.5 Å². The molecule has 0 radical (unpaired) electrons. The summed E-state index contributed by atoms with van der Waals surface area (Å²) in [5.41, 5.74) is 0. The third-order valence-corrected chi connectivity index (χ3v) is 5.96. The molecule has 0 saturated carbocycles. The molecule has 0 bridgehead atoms. The molecule has 0 spiro atoms. The maximum atomic E-state index is 12.7. The molecule has 2 rings (SSSR count). The second-order valence-corrected chi connectivity index (χ2v) is 7.57. The Kier molecular flexibility index (Phi) is 4.83. The van der Waals surface area contributed by atoms with Gasteiger partial charge in [0.2, 0.25) is 11.8 Å². The minimum atomic E-state index is -0.754. The number of nitrogens with one attached hydrogen (secondary N) is 1. The van der Waals surface area contributed by atoms with Crippen molar-refractivity contribution in [3.63, 3.8) is 0 Å². The van der Waals surface area contributed by atoms with Gasteiger partial charge in [-0.25, -0.2) is 0 Å². The minimum absolute atomic E-state index is 0.0316. The molecule has 2 aliphatic heterocycles. The lowest BCUT2D eigenvalue weighted by Gasteiger charge is -2.44. The van der Waals surface area contributed by atoms with E-state index in [0.717, 1.165) is 19.3 Å². The number of rotatable bonds is 3. The van der Waals surface area contributed by atoms with E-state index >= 15 is 0 Å². The largest absolute Gasteiger partial charge is 0.342 e. The molecular weight excluding hydrogens is 276 g/mol. The summed E-state index contributed by atoms with van der Waals surface area (Å²) in [6, 6.07) is -0.761. The van der Waals surface area contributed by atoms with Crippen molar-refractivity contribution >= 4 is 22.6 Å². The molecule has 5 nitrogen and oxygen atoms in total. The maximum absolute atomic E-state index is 12.7. The molecule has 6 heteroatoms. The van der Waals surface area contributed by atoms with E-state index in [-0.39, 0.29) is 23.8 Å². The highest BCUT2D eigenvalue weighted by molar-refractivity contribution is 7.85. The standard InChI is InChI=1S/C14H24N2O3S/c1-4-9(2)12-14(18)16(10(3)13(17)15-12)11-5-7-20(19)8-6-11/h9-12H,4-8H2,1-3H3,(H,15,17). The normalized spacial score (nSPS) is 36.6. The molecule has 1 N–H and O–H groups in total. The van der Waals surface area contributed by atoms with E-state index in [0.29, 0.717) is 11.5 Å². The van der Waals surface area contributed by atoms with Crippen molar-refractivity contribution in [3.8, 4) is 0 Å². The highest BCUT2D eigenvalue weighted by Crippen LogP contribution is 2.25. The van der Waals surface area contributed by atoms with Gasteiger partial charge in [0, 0.05) is 28.3 Å². The monoisotopic (exact) mass is 300 g/mol. The Morgan fingerprint density at radius 1 is 1.35 bits per heavy atom. The van der Waals surface area contributed by atoms with Crippen molar-refractivity contribution in [2.24, 2.45) is 5.92 Å². The van der Waals surface area contributed by atoms with Gasteiger partial charge in [-0.3, -0.25) is 13.8 Å². The lowest BCUT2D eigenvalue weighted by atomic mass is 9.92. The van der Waals surface area contributed by atoms with Gasteiger partial charge in [-0.1, -0.05) is 20.3 Å². The highest BCUT2D eigenvalue weighted by Gasteiger charge is 2.43. The lowest BCUT2D eigenvalue weighted by Crippen LogP contribution is -2.66. The molecule has 2 fully saturated rings. The Morgan fingerprint density at radius 2 is 1.95 bits per heavy atom. The molecule has 3 atom stereocenters. The molecule has 0 aromatic carbocycles. The van der Waals surface area contributed by atoms with Gasteiger partial charge in [-0.05, 0) is 25.7 Å². The molecule has 114 valence electrons. The molecule has 2 aliphatic rings. The molecule has 2 saturated heterocycles. The van der Waals surface area contributed by atoms with Gasteiger partial charge in [0.15, 0.2) is 0 Å². The summed E-state index contributed by atoms with van der Waals surface area (Å²) in [5, 5.41) is 2.85. The predicted octanol–water partition coefficient (Wildman–Crippen LogP) is 0.659. The van der Waals surface area contributed by atoms with Crippen LogP contribution in [0, 0.1) is 5.92 Å². The van der Waals surface area contributed by atoms with E-state index in [2.05, 4.69) is 5.32 Å². The van der Waals surface area contributed by atoms with Crippen LogP contribution < -0.4 is 5.32 Å². The average molecular weight is 300 g/mol. The van der Waals surface area contributed by atoms with E-state index in [9.17, 15) is 13.8 Å². The smallest absolute Gasteiger partial charge is 0.246 e. The quantitative estimate of drug-likeness (QED) is 0.832. The summed E-state index contributed by atoms with van der Waals surface area (Å²) in [7, 11) is -0.754. The number of hydrogen-bond acceptors (Lipinski definition) is 3. The molecule has 0 aliphatic carbocycles. The van der Waals surface area contributed by atoms with Crippen LogP contribution in [0.15, 0.2) is 0 Å². The second kappa shape index (κ2) is 6.24. The van der Waals surface area contributed by atoms with Crippen LogP contribution in [0.25, 0.3) is 0 Å². The Bertz CT molecular complexity index is 417. The van der Waals surface area contributed by atoms with Crippen LogP contribution in [0.2, 0.25) is 0 Å². The van der Waals surface area contributed by atoms with Crippen molar-refractivity contribution in [3.05, 3.63) is 0 Å². The van der Waals surface area contributed by atoms with E-state index in [1.165, 1.54) is 0 Å². The van der Waals surface area contributed by atoms with E-state index in [1.54, 1.807) is 11.8 Å². The van der Waals surface area contributed by atoms with Gasteiger partial charge in [-0.15, -0.1) is 0 Å². The summed E-state index contributed by atoms with van der Waals surface area (Å²) in [6.45, 7) is 5.80. The summed E-state index contributed by atoms with van der Waals surface area (Å²) in [5.74, 6) is 1.37. The van der Waals surface area contributed by atoms with E-state index < -0.39 is 22.9 Å². The fraction of sp³-hybridized carbons (Fsp3) is 0.857. The average Bonchev–Trinajstić information content (AvgIpc) is 2.44. The third kappa shape index (κ3) is 2.90. The van der Waals surface area contributed by atoms with Crippen LogP contribution in [0.5, 0.6) is 0 Å². The Balaban J connectivity index is 2.17. The third-order valence-electron chi connectivity index (χ3n) is 4.58. The number of carbonyl (C=O) groups excluding carboxylic acids is 2. The van der Waals surface area contributed by atoms with Crippen LogP contribution >= 0.6 is 0 Å². The predicted molar refractivity (Wildman–Crippen MR) is 78.6 cm³/mol. The van der Waals surface area contributed by atoms with Gasteiger partial charge in [0.25, 0.3) is 0 Å². The summed E-state index contributed by atoms with van der Waals surface area (Å²) >= 11 is 0. The molecule has 0 aromatic heterocycles. The zero-order valence-corrected chi connectivity index (χ0v) is 13.2. The van der Waals surface area contributed by atoms with Crippen molar-refractivity contribution in [2.75, 3.05) is 11.5 Å². The first-order chi connectivity index (χ1) is 9.45.